The molecule has 1 aromatic rings. The fraction of sp³-hybridized carbons (Fsp3) is 0.455. The van der Waals surface area contributed by atoms with Gasteiger partial charge in [0.15, 0.2) is 0 Å². The van der Waals surface area contributed by atoms with Crippen molar-refractivity contribution in [2.45, 2.75) is 12.5 Å². The first kappa shape index (κ1) is 10.1. The molecule has 0 saturated carbocycles. The van der Waals surface area contributed by atoms with Gasteiger partial charge in [-0.1, -0.05) is 34.1 Å². The van der Waals surface area contributed by atoms with Crippen LogP contribution in [-0.4, -0.2) is 18.2 Å². The quantitative estimate of drug-likeness (QED) is 0.849. The predicted octanol–water partition coefficient (Wildman–Crippen LogP) is 2.09. The summed E-state index contributed by atoms with van der Waals surface area (Å²) in [5.74, 6) is 0.355. The molecule has 2 nitrogen and oxygen atoms in total. The van der Waals surface area contributed by atoms with Crippen molar-refractivity contribution in [3.63, 3.8) is 0 Å². The molecule has 0 spiro atoms. The van der Waals surface area contributed by atoms with Crippen molar-refractivity contribution in [1.82, 2.24) is 5.32 Å². The zero-order chi connectivity index (χ0) is 9.97. The van der Waals surface area contributed by atoms with E-state index >= 15 is 0 Å². The van der Waals surface area contributed by atoms with E-state index in [1.165, 1.54) is 0 Å². The van der Waals surface area contributed by atoms with Gasteiger partial charge in [-0.25, -0.2) is 0 Å². The molecule has 1 aliphatic rings. The van der Waals surface area contributed by atoms with E-state index in [1.807, 2.05) is 24.3 Å². The molecule has 2 N–H and O–H groups in total. The van der Waals surface area contributed by atoms with Gasteiger partial charge in [0.1, 0.15) is 0 Å². The van der Waals surface area contributed by atoms with Crippen molar-refractivity contribution in [1.29, 1.82) is 0 Å². The fourth-order valence-corrected chi connectivity index (χ4v) is 2.43. The summed E-state index contributed by atoms with van der Waals surface area (Å²) in [5.41, 5.74) is 1.00. The van der Waals surface area contributed by atoms with Gasteiger partial charge in [-0.05, 0) is 24.6 Å². The molecule has 1 fully saturated rings. The minimum absolute atomic E-state index is 0.347. The maximum atomic E-state index is 10.1. The zero-order valence-electron chi connectivity index (χ0n) is 7.91. The SMILES string of the molecule is OC(c1ccccc1Br)C1CCNC1. The first-order valence-electron chi connectivity index (χ1n) is 4.92. The molecule has 76 valence electrons. The smallest absolute Gasteiger partial charge is 0.0841 e. The van der Waals surface area contributed by atoms with Crippen LogP contribution in [0.2, 0.25) is 0 Å². The van der Waals surface area contributed by atoms with Gasteiger partial charge in [-0.3, -0.25) is 0 Å². The third-order valence-corrected chi connectivity index (χ3v) is 3.49. The molecule has 0 amide bonds. The van der Waals surface area contributed by atoms with E-state index in [2.05, 4.69) is 21.2 Å². The molecule has 2 rings (SSSR count). The average Bonchev–Trinajstić information content (AvgIpc) is 2.70. The van der Waals surface area contributed by atoms with Crippen LogP contribution >= 0.6 is 15.9 Å². The first-order valence-corrected chi connectivity index (χ1v) is 5.71. The number of rotatable bonds is 2. The highest BCUT2D eigenvalue weighted by atomic mass is 79.9. The van der Waals surface area contributed by atoms with Crippen molar-refractivity contribution in [2.75, 3.05) is 13.1 Å². The summed E-state index contributed by atoms with van der Waals surface area (Å²) in [4.78, 5) is 0. The zero-order valence-corrected chi connectivity index (χ0v) is 9.50. The second kappa shape index (κ2) is 4.43. The lowest BCUT2D eigenvalue weighted by Crippen LogP contribution is -2.16. The first-order chi connectivity index (χ1) is 6.79. The Kier molecular flexibility index (Phi) is 3.21. The Morgan fingerprint density at radius 1 is 1.43 bits per heavy atom. The van der Waals surface area contributed by atoms with Crippen molar-refractivity contribution in [3.8, 4) is 0 Å². The van der Waals surface area contributed by atoms with Crippen molar-refractivity contribution >= 4 is 15.9 Å². The van der Waals surface area contributed by atoms with E-state index in [0.29, 0.717) is 5.92 Å². The summed E-state index contributed by atoms with van der Waals surface area (Å²) < 4.78 is 0.999. The van der Waals surface area contributed by atoms with Crippen LogP contribution in [0.25, 0.3) is 0 Å². The summed E-state index contributed by atoms with van der Waals surface area (Å²) >= 11 is 3.46. The number of hydrogen-bond donors (Lipinski definition) is 2. The minimum atomic E-state index is -0.347. The molecular formula is C11H14BrNO. The number of benzene rings is 1. The summed E-state index contributed by atoms with van der Waals surface area (Å²) in [6.45, 7) is 1.94. The number of aliphatic hydroxyl groups is 1. The Balaban J connectivity index is 2.17. The van der Waals surface area contributed by atoms with Gasteiger partial charge in [0, 0.05) is 16.9 Å². The van der Waals surface area contributed by atoms with Gasteiger partial charge in [-0.2, -0.15) is 0 Å². The van der Waals surface area contributed by atoms with E-state index in [0.717, 1.165) is 29.5 Å². The van der Waals surface area contributed by atoms with Gasteiger partial charge >= 0.3 is 0 Å². The van der Waals surface area contributed by atoms with Gasteiger partial charge in [-0.15, -0.1) is 0 Å². The van der Waals surface area contributed by atoms with Crippen molar-refractivity contribution < 1.29 is 5.11 Å². The number of nitrogens with one attached hydrogen (secondary N) is 1. The second-order valence-electron chi connectivity index (χ2n) is 3.72. The molecule has 2 atom stereocenters. The number of halogens is 1. The maximum Gasteiger partial charge on any atom is 0.0841 e. The van der Waals surface area contributed by atoms with E-state index in [4.69, 9.17) is 0 Å². The normalized spacial score (nSPS) is 23.7. The summed E-state index contributed by atoms with van der Waals surface area (Å²) in [5, 5.41) is 13.4. The molecule has 0 bridgehead atoms. The largest absolute Gasteiger partial charge is 0.388 e. The van der Waals surface area contributed by atoms with Crippen molar-refractivity contribution in [2.24, 2.45) is 5.92 Å². The molecule has 1 heterocycles. The van der Waals surface area contributed by atoms with E-state index in [9.17, 15) is 5.11 Å². The molecule has 14 heavy (non-hydrogen) atoms. The van der Waals surface area contributed by atoms with Crippen LogP contribution < -0.4 is 5.32 Å². The van der Waals surface area contributed by atoms with Crippen LogP contribution in [0.4, 0.5) is 0 Å². The molecule has 0 aliphatic carbocycles. The lowest BCUT2D eigenvalue weighted by Gasteiger charge is -2.18. The second-order valence-corrected chi connectivity index (χ2v) is 4.57. The van der Waals surface area contributed by atoms with Crippen molar-refractivity contribution in [3.05, 3.63) is 34.3 Å². The lowest BCUT2D eigenvalue weighted by molar-refractivity contribution is 0.117. The van der Waals surface area contributed by atoms with Gasteiger partial charge in [0.25, 0.3) is 0 Å². The Hall–Kier alpha value is -0.380. The van der Waals surface area contributed by atoms with E-state index in [1.54, 1.807) is 0 Å². The molecule has 2 unspecified atom stereocenters. The Morgan fingerprint density at radius 3 is 2.86 bits per heavy atom. The third-order valence-electron chi connectivity index (χ3n) is 2.77. The molecule has 1 aromatic carbocycles. The molecule has 0 aromatic heterocycles. The molecule has 1 saturated heterocycles. The van der Waals surface area contributed by atoms with E-state index in [-0.39, 0.29) is 6.10 Å². The molecule has 1 aliphatic heterocycles. The van der Waals surface area contributed by atoms with Crippen LogP contribution in [0.5, 0.6) is 0 Å². The van der Waals surface area contributed by atoms with E-state index < -0.39 is 0 Å². The highest BCUT2D eigenvalue weighted by Gasteiger charge is 2.25. The van der Waals surface area contributed by atoms with Gasteiger partial charge in [0.05, 0.1) is 6.10 Å². The highest BCUT2D eigenvalue weighted by Crippen LogP contribution is 2.31. The van der Waals surface area contributed by atoms with Gasteiger partial charge < -0.3 is 10.4 Å². The van der Waals surface area contributed by atoms with Crippen LogP contribution in [-0.2, 0) is 0 Å². The molecule has 3 heteroatoms. The predicted molar refractivity (Wildman–Crippen MR) is 60.1 cm³/mol. The molecular weight excluding hydrogens is 242 g/mol. The summed E-state index contributed by atoms with van der Waals surface area (Å²) in [6.07, 6.45) is 0.711. The Bertz CT molecular complexity index is 310. The standard InChI is InChI=1S/C11H14BrNO/c12-10-4-2-1-3-9(10)11(14)8-5-6-13-7-8/h1-4,8,11,13-14H,5-7H2. The summed E-state index contributed by atoms with van der Waals surface area (Å²) in [6, 6.07) is 7.88. The monoisotopic (exact) mass is 255 g/mol. The average molecular weight is 256 g/mol. The third kappa shape index (κ3) is 2.00. The van der Waals surface area contributed by atoms with Crippen LogP contribution in [0.15, 0.2) is 28.7 Å². The van der Waals surface area contributed by atoms with Crippen LogP contribution in [0, 0.1) is 5.92 Å². The fourth-order valence-electron chi connectivity index (χ4n) is 1.92. The lowest BCUT2D eigenvalue weighted by atomic mass is 9.95. The Labute approximate surface area is 92.5 Å². The number of aliphatic hydroxyl groups excluding tert-OH is 1. The van der Waals surface area contributed by atoms with Gasteiger partial charge in [0.2, 0.25) is 0 Å². The highest BCUT2D eigenvalue weighted by molar-refractivity contribution is 9.10. The topological polar surface area (TPSA) is 32.3 Å². The van der Waals surface area contributed by atoms with Crippen LogP contribution in [0.3, 0.4) is 0 Å². The molecule has 0 radical (unpaired) electrons. The minimum Gasteiger partial charge on any atom is -0.388 e. The Morgan fingerprint density at radius 2 is 2.21 bits per heavy atom. The maximum absolute atomic E-state index is 10.1. The number of hydrogen-bond acceptors (Lipinski definition) is 2. The summed E-state index contributed by atoms with van der Waals surface area (Å²) in [7, 11) is 0. The van der Waals surface area contributed by atoms with Crippen LogP contribution in [0.1, 0.15) is 18.1 Å².